The van der Waals surface area contributed by atoms with E-state index in [4.69, 9.17) is 5.11 Å². The van der Waals surface area contributed by atoms with Crippen LogP contribution in [0.2, 0.25) is 0 Å². The maximum Gasteiger partial charge on any atom is 0.339 e. The van der Waals surface area contributed by atoms with Gasteiger partial charge in [0.1, 0.15) is 11.3 Å². The lowest BCUT2D eigenvalue weighted by atomic mass is 10.1. The Morgan fingerprint density at radius 2 is 1.85 bits per heavy atom. The van der Waals surface area contributed by atoms with Gasteiger partial charge in [-0.05, 0) is 25.0 Å². The molecular weight excluding hydrogens is 258 g/mol. The highest BCUT2D eigenvalue weighted by atomic mass is 16.4. The van der Waals surface area contributed by atoms with Gasteiger partial charge in [0.05, 0.1) is 6.20 Å². The van der Waals surface area contributed by atoms with Crippen molar-refractivity contribution < 1.29 is 14.7 Å². The molecule has 1 aromatic carbocycles. The molecule has 2 rings (SSSR count). The molecule has 0 unspecified atom stereocenters. The Morgan fingerprint density at radius 3 is 2.40 bits per heavy atom. The van der Waals surface area contributed by atoms with Gasteiger partial charge < -0.3 is 10.4 Å². The van der Waals surface area contributed by atoms with Crippen LogP contribution in [-0.4, -0.2) is 26.8 Å². The Morgan fingerprint density at radius 1 is 1.25 bits per heavy atom. The quantitative estimate of drug-likeness (QED) is 0.895. The number of hydrogen-bond donors (Lipinski definition) is 2. The second-order valence-corrected chi connectivity index (χ2v) is 4.56. The number of aromatic carboxylic acids is 1. The molecule has 6 nitrogen and oxygen atoms in total. The van der Waals surface area contributed by atoms with Gasteiger partial charge >= 0.3 is 5.97 Å². The number of amides is 1. The van der Waals surface area contributed by atoms with E-state index in [0.29, 0.717) is 5.69 Å². The zero-order valence-electron chi connectivity index (χ0n) is 11.5. The number of hydrogen-bond acceptors (Lipinski definition) is 3. The van der Waals surface area contributed by atoms with Crippen molar-refractivity contribution in [3.05, 3.63) is 46.8 Å². The summed E-state index contributed by atoms with van der Waals surface area (Å²) in [6.45, 7) is 3.76. The van der Waals surface area contributed by atoms with E-state index in [-0.39, 0.29) is 11.3 Å². The Kier molecular flexibility index (Phi) is 3.56. The molecule has 0 radical (unpaired) electrons. The molecule has 0 atom stereocenters. The van der Waals surface area contributed by atoms with Crippen LogP contribution in [0.5, 0.6) is 0 Å². The lowest BCUT2D eigenvalue weighted by molar-refractivity contribution is 0.0692. The molecule has 2 N–H and O–H groups in total. The monoisotopic (exact) mass is 273 g/mol. The van der Waals surface area contributed by atoms with E-state index < -0.39 is 11.9 Å². The van der Waals surface area contributed by atoms with Gasteiger partial charge in [-0.1, -0.05) is 18.2 Å². The summed E-state index contributed by atoms with van der Waals surface area (Å²) in [5, 5.41) is 15.6. The molecule has 0 fully saturated rings. The van der Waals surface area contributed by atoms with Crippen molar-refractivity contribution in [1.29, 1.82) is 0 Å². The number of benzene rings is 1. The first-order valence-corrected chi connectivity index (χ1v) is 6.04. The molecule has 0 saturated heterocycles. The fourth-order valence-corrected chi connectivity index (χ4v) is 2.05. The van der Waals surface area contributed by atoms with Crippen LogP contribution >= 0.6 is 0 Å². The predicted molar refractivity (Wildman–Crippen MR) is 74.0 cm³/mol. The number of carbonyl (C=O) groups is 2. The lowest BCUT2D eigenvalue weighted by Crippen LogP contribution is -2.20. The molecule has 0 aliphatic rings. The maximum absolute atomic E-state index is 12.3. The SMILES string of the molecule is Cc1cccc(C)c1NC(=O)c1c(C(=O)O)cnn1C. The van der Waals surface area contributed by atoms with E-state index in [1.54, 1.807) is 0 Å². The summed E-state index contributed by atoms with van der Waals surface area (Å²) < 4.78 is 1.26. The van der Waals surface area contributed by atoms with Crippen LogP contribution in [0.1, 0.15) is 32.0 Å². The van der Waals surface area contributed by atoms with Crippen molar-refractivity contribution >= 4 is 17.6 Å². The summed E-state index contributed by atoms with van der Waals surface area (Å²) in [6, 6.07) is 5.65. The summed E-state index contributed by atoms with van der Waals surface area (Å²) in [5.41, 5.74) is 2.43. The zero-order chi connectivity index (χ0) is 14.9. The van der Waals surface area contributed by atoms with Crippen LogP contribution in [0, 0.1) is 13.8 Å². The second kappa shape index (κ2) is 5.16. The third kappa shape index (κ3) is 2.40. The van der Waals surface area contributed by atoms with Gasteiger partial charge in [-0.3, -0.25) is 9.48 Å². The van der Waals surface area contributed by atoms with Crippen LogP contribution in [-0.2, 0) is 7.05 Å². The lowest BCUT2D eigenvalue weighted by Gasteiger charge is -2.11. The molecule has 0 bridgehead atoms. The highest BCUT2D eigenvalue weighted by Crippen LogP contribution is 2.21. The molecular formula is C14H15N3O3. The van der Waals surface area contributed by atoms with E-state index in [2.05, 4.69) is 10.4 Å². The molecule has 0 saturated carbocycles. The van der Waals surface area contributed by atoms with Crippen LogP contribution in [0.15, 0.2) is 24.4 Å². The Labute approximate surface area is 116 Å². The van der Waals surface area contributed by atoms with E-state index in [0.717, 1.165) is 11.1 Å². The van der Waals surface area contributed by atoms with Gasteiger partial charge in [0.2, 0.25) is 0 Å². The van der Waals surface area contributed by atoms with Crippen LogP contribution in [0.25, 0.3) is 0 Å². The number of carboxylic acids is 1. The topological polar surface area (TPSA) is 84.2 Å². The van der Waals surface area contributed by atoms with E-state index in [1.807, 2.05) is 32.0 Å². The third-order valence-electron chi connectivity index (χ3n) is 3.10. The second-order valence-electron chi connectivity index (χ2n) is 4.56. The normalized spacial score (nSPS) is 10.3. The first kappa shape index (κ1) is 13.8. The van der Waals surface area contributed by atoms with Crippen molar-refractivity contribution in [3.8, 4) is 0 Å². The minimum atomic E-state index is -1.18. The summed E-state index contributed by atoms with van der Waals surface area (Å²) in [7, 11) is 1.53. The number of nitrogens with one attached hydrogen (secondary N) is 1. The van der Waals surface area contributed by atoms with Gasteiger partial charge in [-0.2, -0.15) is 5.10 Å². The van der Waals surface area contributed by atoms with E-state index >= 15 is 0 Å². The summed E-state index contributed by atoms with van der Waals surface area (Å²) in [4.78, 5) is 23.4. The minimum Gasteiger partial charge on any atom is -0.478 e. The minimum absolute atomic E-state index is 0.0279. The Balaban J connectivity index is 2.39. The Bertz CT molecular complexity index is 669. The number of para-hydroxylation sites is 1. The third-order valence-corrected chi connectivity index (χ3v) is 3.10. The number of aromatic nitrogens is 2. The molecule has 6 heteroatoms. The number of aryl methyl sites for hydroxylation is 3. The van der Waals surface area contributed by atoms with Crippen LogP contribution < -0.4 is 5.32 Å². The average Bonchev–Trinajstić information content (AvgIpc) is 2.76. The molecule has 1 amide bonds. The standard InChI is InChI=1S/C14H15N3O3/c1-8-5-4-6-9(2)11(8)16-13(18)12-10(14(19)20)7-15-17(12)3/h4-7H,1-3H3,(H,16,18)(H,19,20). The molecule has 1 heterocycles. The van der Waals surface area contributed by atoms with E-state index in [9.17, 15) is 9.59 Å². The fraction of sp³-hybridized carbons (Fsp3) is 0.214. The highest BCUT2D eigenvalue weighted by Gasteiger charge is 2.22. The smallest absolute Gasteiger partial charge is 0.339 e. The molecule has 2 aromatic rings. The summed E-state index contributed by atoms with van der Waals surface area (Å²) >= 11 is 0. The van der Waals surface area contributed by atoms with Gasteiger partial charge in [-0.25, -0.2) is 4.79 Å². The fourth-order valence-electron chi connectivity index (χ4n) is 2.05. The van der Waals surface area contributed by atoms with E-state index in [1.165, 1.54) is 17.9 Å². The molecule has 1 aromatic heterocycles. The highest BCUT2D eigenvalue weighted by molar-refractivity contribution is 6.10. The number of anilines is 1. The summed E-state index contributed by atoms with van der Waals surface area (Å²) in [6.07, 6.45) is 1.17. The molecule has 0 aliphatic heterocycles. The average molecular weight is 273 g/mol. The van der Waals surface area contributed by atoms with Crippen LogP contribution in [0.4, 0.5) is 5.69 Å². The van der Waals surface area contributed by atoms with Crippen molar-refractivity contribution in [2.24, 2.45) is 7.05 Å². The largest absolute Gasteiger partial charge is 0.478 e. The van der Waals surface area contributed by atoms with Crippen molar-refractivity contribution in [3.63, 3.8) is 0 Å². The predicted octanol–water partition coefficient (Wildman–Crippen LogP) is 1.99. The van der Waals surface area contributed by atoms with Gasteiger partial charge in [0.15, 0.2) is 0 Å². The first-order chi connectivity index (χ1) is 9.41. The molecule has 0 spiro atoms. The van der Waals surface area contributed by atoms with Crippen molar-refractivity contribution in [2.45, 2.75) is 13.8 Å². The number of carboxylic acid groups (broad SMARTS) is 1. The number of carbonyl (C=O) groups excluding carboxylic acids is 1. The first-order valence-electron chi connectivity index (χ1n) is 6.04. The number of rotatable bonds is 3. The van der Waals surface area contributed by atoms with Gasteiger partial charge in [0.25, 0.3) is 5.91 Å². The van der Waals surface area contributed by atoms with Crippen molar-refractivity contribution in [2.75, 3.05) is 5.32 Å². The molecule has 20 heavy (non-hydrogen) atoms. The van der Waals surface area contributed by atoms with Crippen molar-refractivity contribution in [1.82, 2.24) is 9.78 Å². The Hall–Kier alpha value is -2.63. The summed E-state index contributed by atoms with van der Waals surface area (Å²) in [5.74, 6) is -1.66. The zero-order valence-corrected chi connectivity index (χ0v) is 11.5. The van der Waals surface area contributed by atoms with Gasteiger partial charge in [-0.15, -0.1) is 0 Å². The van der Waals surface area contributed by atoms with Gasteiger partial charge in [0, 0.05) is 12.7 Å². The molecule has 0 aliphatic carbocycles. The number of nitrogens with zero attached hydrogens (tertiary/aromatic N) is 2. The molecule has 104 valence electrons. The van der Waals surface area contributed by atoms with Crippen LogP contribution in [0.3, 0.4) is 0 Å². The maximum atomic E-state index is 12.3.